The average molecular weight is 430 g/mol. The summed E-state index contributed by atoms with van der Waals surface area (Å²) < 4.78 is 0. The monoisotopic (exact) mass is 429 g/mol. The number of nitrogens with zero attached hydrogens (tertiary/aromatic N) is 1. The van der Waals surface area contributed by atoms with Crippen LogP contribution in [0, 0.1) is 11.3 Å². The first-order valence-corrected chi connectivity index (χ1v) is 10.5. The number of benzene rings is 3. The van der Waals surface area contributed by atoms with E-state index in [1.807, 2.05) is 43.3 Å². The van der Waals surface area contributed by atoms with Gasteiger partial charge in [-0.1, -0.05) is 48.0 Å². The molecule has 0 radical (unpaired) electrons. The third kappa shape index (κ3) is 2.71. The van der Waals surface area contributed by atoms with Crippen LogP contribution in [0.15, 0.2) is 72.8 Å². The molecule has 0 bridgehead atoms. The lowest BCUT2D eigenvalue weighted by atomic mass is 9.91. The Hall–Kier alpha value is -3.24. The number of anilines is 1. The Labute approximate surface area is 185 Å². The lowest BCUT2D eigenvalue weighted by Crippen LogP contribution is -2.23. The highest BCUT2D eigenvalue weighted by Gasteiger charge is 2.78. The minimum atomic E-state index is -1.36. The van der Waals surface area contributed by atoms with E-state index in [1.165, 1.54) is 0 Å². The van der Waals surface area contributed by atoms with Crippen molar-refractivity contribution in [2.45, 2.75) is 5.92 Å². The van der Waals surface area contributed by atoms with E-state index in [-0.39, 0.29) is 17.3 Å². The molecule has 1 saturated carbocycles. The maximum atomic E-state index is 13.5. The number of Topliss-reactive ketones (excluding diaryl/α,β-unsaturated/α-hetero) is 3. The van der Waals surface area contributed by atoms with E-state index in [0.29, 0.717) is 21.7 Å². The quantitative estimate of drug-likeness (QED) is 0.429. The van der Waals surface area contributed by atoms with Gasteiger partial charge in [0.1, 0.15) is 5.41 Å². The number of carbonyl (C=O) groups is 3. The standard InChI is InChI=1S/C26H20ClNO3/c1-28(2)18-13-9-15(10-14-18)21-22(23(29)16-7-11-17(27)12-8-16)26(21)24(30)19-5-3-4-6-20(19)25(26)31/h3-14,21-22H,1-2H3/t21-,22+/m1/s1. The summed E-state index contributed by atoms with van der Waals surface area (Å²) in [5, 5.41) is 0.526. The topological polar surface area (TPSA) is 54.5 Å². The van der Waals surface area contributed by atoms with E-state index in [1.54, 1.807) is 48.5 Å². The Balaban J connectivity index is 1.62. The van der Waals surface area contributed by atoms with Crippen molar-refractivity contribution in [3.05, 3.63) is 100 Å². The first-order chi connectivity index (χ1) is 14.9. The van der Waals surface area contributed by atoms with Crippen molar-refractivity contribution in [2.24, 2.45) is 11.3 Å². The molecular formula is C26H20ClNO3. The molecule has 1 spiro atoms. The molecule has 5 heteroatoms. The molecule has 31 heavy (non-hydrogen) atoms. The summed E-state index contributed by atoms with van der Waals surface area (Å²) in [6.45, 7) is 0. The smallest absolute Gasteiger partial charge is 0.178 e. The van der Waals surface area contributed by atoms with Gasteiger partial charge in [0.15, 0.2) is 17.3 Å². The van der Waals surface area contributed by atoms with Gasteiger partial charge in [0.05, 0.1) is 5.92 Å². The summed E-state index contributed by atoms with van der Waals surface area (Å²) in [5.74, 6) is -1.91. The molecule has 3 aromatic rings. The van der Waals surface area contributed by atoms with Crippen LogP contribution in [-0.4, -0.2) is 31.4 Å². The van der Waals surface area contributed by atoms with Crippen molar-refractivity contribution in [2.75, 3.05) is 19.0 Å². The third-order valence-corrected chi connectivity index (χ3v) is 6.80. The first kappa shape index (κ1) is 19.7. The van der Waals surface area contributed by atoms with Crippen molar-refractivity contribution >= 4 is 34.6 Å². The van der Waals surface area contributed by atoms with E-state index in [9.17, 15) is 14.4 Å². The zero-order chi connectivity index (χ0) is 21.9. The Morgan fingerprint density at radius 1 is 0.839 bits per heavy atom. The van der Waals surface area contributed by atoms with Gasteiger partial charge in [0.2, 0.25) is 0 Å². The van der Waals surface area contributed by atoms with Crippen LogP contribution in [0.2, 0.25) is 5.02 Å². The lowest BCUT2D eigenvalue weighted by Gasteiger charge is -2.13. The highest BCUT2D eigenvalue weighted by Crippen LogP contribution is 2.70. The minimum Gasteiger partial charge on any atom is -0.378 e. The zero-order valence-electron chi connectivity index (χ0n) is 17.1. The molecule has 3 aromatic carbocycles. The molecular weight excluding hydrogens is 410 g/mol. The number of carbonyl (C=O) groups excluding carboxylic acids is 3. The molecule has 0 aliphatic heterocycles. The number of hydrogen-bond donors (Lipinski definition) is 0. The number of hydrogen-bond acceptors (Lipinski definition) is 4. The predicted molar refractivity (Wildman–Crippen MR) is 120 cm³/mol. The molecule has 2 atom stereocenters. The zero-order valence-corrected chi connectivity index (χ0v) is 17.9. The Morgan fingerprint density at radius 2 is 1.39 bits per heavy atom. The molecule has 0 amide bonds. The summed E-state index contributed by atoms with van der Waals surface area (Å²) in [5.41, 5.74) is 1.75. The van der Waals surface area contributed by atoms with Crippen LogP contribution in [0.1, 0.15) is 42.6 Å². The van der Waals surface area contributed by atoms with Gasteiger partial charge >= 0.3 is 0 Å². The number of ketones is 3. The van der Waals surface area contributed by atoms with Crippen molar-refractivity contribution in [1.82, 2.24) is 0 Å². The molecule has 0 unspecified atom stereocenters. The second-order valence-electron chi connectivity index (χ2n) is 8.39. The Bertz CT molecular complexity index is 1190. The van der Waals surface area contributed by atoms with Gasteiger partial charge in [-0.25, -0.2) is 0 Å². The van der Waals surface area contributed by atoms with E-state index < -0.39 is 17.3 Å². The highest BCUT2D eigenvalue weighted by molar-refractivity contribution is 6.35. The predicted octanol–water partition coefficient (Wildman–Crippen LogP) is 5.07. The van der Waals surface area contributed by atoms with Gasteiger partial charge in [-0.05, 0) is 42.0 Å². The van der Waals surface area contributed by atoms with Crippen molar-refractivity contribution < 1.29 is 14.4 Å². The molecule has 5 rings (SSSR count). The fraction of sp³-hybridized carbons (Fsp3) is 0.192. The third-order valence-electron chi connectivity index (χ3n) is 6.55. The normalized spacial score (nSPS) is 20.6. The Kier molecular flexibility index (Phi) is 4.38. The van der Waals surface area contributed by atoms with Crippen LogP contribution in [0.3, 0.4) is 0 Å². The number of rotatable bonds is 4. The van der Waals surface area contributed by atoms with Crippen LogP contribution in [0.5, 0.6) is 0 Å². The highest BCUT2D eigenvalue weighted by atomic mass is 35.5. The molecule has 154 valence electrons. The molecule has 0 saturated heterocycles. The molecule has 2 aliphatic carbocycles. The fourth-order valence-corrected chi connectivity index (χ4v) is 5.09. The number of fused-ring (bicyclic) bond motifs is 1. The molecule has 4 nitrogen and oxygen atoms in total. The van der Waals surface area contributed by atoms with Gasteiger partial charge in [-0.15, -0.1) is 0 Å². The minimum absolute atomic E-state index is 0.201. The second kappa shape index (κ2) is 6.89. The first-order valence-electron chi connectivity index (χ1n) is 10.1. The fourth-order valence-electron chi connectivity index (χ4n) is 4.97. The molecule has 0 N–H and O–H groups in total. The van der Waals surface area contributed by atoms with Crippen LogP contribution in [0.25, 0.3) is 0 Å². The summed E-state index contributed by atoms with van der Waals surface area (Å²) in [6, 6.07) is 21.2. The van der Waals surface area contributed by atoms with E-state index in [2.05, 4.69) is 0 Å². The molecule has 2 aliphatic rings. The maximum Gasteiger partial charge on any atom is 0.178 e. The van der Waals surface area contributed by atoms with Gasteiger partial charge in [0, 0.05) is 47.4 Å². The van der Waals surface area contributed by atoms with E-state index in [0.717, 1.165) is 11.3 Å². The van der Waals surface area contributed by atoms with Crippen molar-refractivity contribution in [3.8, 4) is 0 Å². The van der Waals surface area contributed by atoms with Crippen molar-refractivity contribution in [3.63, 3.8) is 0 Å². The summed E-state index contributed by atoms with van der Waals surface area (Å²) in [4.78, 5) is 42.6. The molecule has 1 fully saturated rings. The average Bonchev–Trinajstić information content (AvgIpc) is 3.43. The van der Waals surface area contributed by atoms with Gasteiger partial charge in [-0.3, -0.25) is 14.4 Å². The van der Waals surface area contributed by atoms with E-state index >= 15 is 0 Å². The summed E-state index contributed by atoms with van der Waals surface area (Å²) in [7, 11) is 3.89. The lowest BCUT2D eigenvalue weighted by molar-refractivity contribution is 0.0764. The largest absolute Gasteiger partial charge is 0.378 e. The number of halogens is 1. The van der Waals surface area contributed by atoms with Crippen molar-refractivity contribution in [1.29, 1.82) is 0 Å². The van der Waals surface area contributed by atoms with Gasteiger partial charge in [0.25, 0.3) is 0 Å². The SMILES string of the molecule is CN(C)c1ccc([C@@H]2[C@@H](C(=O)c3ccc(Cl)cc3)C23C(=O)c2ccccc2C3=O)cc1. The van der Waals surface area contributed by atoms with E-state index in [4.69, 9.17) is 11.6 Å². The molecule has 0 aromatic heterocycles. The van der Waals surface area contributed by atoms with Crippen LogP contribution in [-0.2, 0) is 0 Å². The van der Waals surface area contributed by atoms with Crippen LogP contribution < -0.4 is 4.90 Å². The van der Waals surface area contributed by atoms with Crippen LogP contribution in [0.4, 0.5) is 5.69 Å². The van der Waals surface area contributed by atoms with Gasteiger partial charge < -0.3 is 4.90 Å². The maximum absolute atomic E-state index is 13.5. The van der Waals surface area contributed by atoms with Gasteiger partial charge in [-0.2, -0.15) is 0 Å². The summed E-state index contributed by atoms with van der Waals surface area (Å²) >= 11 is 5.98. The second-order valence-corrected chi connectivity index (χ2v) is 8.82. The molecule has 0 heterocycles. The van der Waals surface area contributed by atoms with Crippen LogP contribution >= 0.6 is 11.6 Å². The Morgan fingerprint density at radius 3 is 1.90 bits per heavy atom. The summed E-state index contributed by atoms with van der Waals surface area (Å²) in [6.07, 6.45) is 0.